The van der Waals surface area contributed by atoms with Crippen LogP contribution in [-0.2, 0) is 0 Å². The molecule has 3 aromatic rings. The molecule has 0 aliphatic heterocycles. The minimum Gasteiger partial charge on any atom is -0.490 e. The van der Waals surface area contributed by atoms with Gasteiger partial charge in [0.15, 0.2) is 0 Å². The summed E-state index contributed by atoms with van der Waals surface area (Å²) in [6.07, 6.45) is 11.6. The quantitative estimate of drug-likeness (QED) is 0.158. The van der Waals surface area contributed by atoms with Crippen molar-refractivity contribution < 1.29 is 28.9 Å². The number of hydrogen-bond donors (Lipinski definition) is 2. The van der Waals surface area contributed by atoms with Crippen LogP contribution < -0.4 is 9.64 Å². The molecule has 0 aromatic heterocycles. The summed E-state index contributed by atoms with van der Waals surface area (Å²) >= 11 is 0.699. The molecule has 0 bridgehead atoms. The van der Waals surface area contributed by atoms with Crippen molar-refractivity contribution in [3.05, 3.63) is 84.7 Å². The third-order valence-corrected chi connectivity index (χ3v) is 10.4. The maximum atomic E-state index is 14.5. The zero-order chi connectivity index (χ0) is 32.8. The monoisotopic (exact) mass is 645 g/mol. The van der Waals surface area contributed by atoms with E-state index < -0.39 is 22.7 Å². The summed E-state index contributed by atoms with van der Waals surface area (Å²) < 4.78 is 21.2. The number of benzene rings is 3. The van der Waals surface area contributed by atoms with Gasteiger partial charge in [-0.15, -0.1) is 6.58 Å². The van der Waals surface area contributed by atoms with Gasteiger partial charge in [0.05, 0.1) is 17.4 Å². The average Bonchev–Trinajstić information content (AvgIpc) is 3.04. The van der Waals surface area contributed by atoms with Gasteiger partial charge >= 0.3 is 11.3 Å². The Morgan fingerprint density at radius 1 is 1.02 bits per heavy atom. The number of carbonyl (C=O) groups is 2. The van der Waals surface area contributed by atoms with Crippen molar-refractivity contribution >= 4 is 34.4 Å². The third-order valence-electron chi connectivity index (χ3n) is 9.66. The molecule has 6 nitrogen and oxygen atoms in total. The molecule has 0 heterocycles. The molecule has 0 spiro atoms. The molecule has 46 heavy (non-hydrogen) atoms. The molecule has 3 aromatic carbocycles. The number of nitrogens with zero attached hydrogens (tertiary/aromatic N) is 1. The molecule has 0 amide bonds. The van der Waals surface area contributed by atoms with Crippen LogP contribution in [-0.4, -0.2) is 34.1 Å². The van der Waals surface area contributed by atoms with Gasteiger partial charge in [-0.05, 0) is 103 Å². The summed E-state index contributed by atoms with van der Waals surface area (Å²) in [6.45, 7) is 9.34. The van der Waals surface area contributed by atoms with Crippen LogP contribution in [0.25, 0.3) is 11.1 Å². The van der Waals surface area contributed by atoms with Crippen LogP contribution in [0.1, 0.15) is 82.0 Å². The number of ether oxygens (including phenoxy) is 1. The summed E-state index contributed by atoms with van der Waals surface area (Å²) in [5.41, 5.74) is 2.36. The van der Waals surface area contributed by atoms with E-state index in [0.29, 0.717) is 51.7 Å². The molecule has 2 aliphatic carbocycles. The van der Waals surface area contributed by atoms with E-state index in [9.17, 15) is 24.2 Å². The van der Waals surface area contributed by atoms with Gasteiger partial charge in [0, 0.05) is 28.8 Å². The zero-order valence-corrected chi connectivity index (χ0v) is 27.5. The number of thioether (sulfide) groups is 1. The van der Waals surface area contributed by atoms with Gasteiger partial charge in [-0.3, -0.25) is 0 Å². The van der Waals surface area contributed by atoms with Crippen molar-refractivity contribution in [2.24, 2.45) is 17.3 Å². The van der Waals surface area contributed by atoms with E-state index in [1.807, 2.05) is 42.5 Å². The van der Waals surface area contributed by atoms with E-state index in [1.54, 1.807) is 6.07 Å². The van der Waals surface area contributed by atoms with Crippen molar-refractivity contribution in [2.45, 2.75) is 82.6 Å². The molecule has 1 atom stereocenters. The maximum Gasteiger partial charge on any atom is 0.369 e. The van der Waals surface area contributed by atoms with Gasteiger partial charge in [0.25, 0.3) is 0 Å². The summed E-state index contributed by atoms with van der Waals surface area (Å²) in [5.74, 6) is -1.02. The van der Waals surface area contributed by atoms with Crippen molar-refractivity contribution in [1.82, 2.24) is 0 Å². The standard InChI is InChI=1S/C38H44FNO5S/c1-4-25(26-11-7-5-8-12-26)24-40(28-13-9-6-10-14-28)33-23-34(45-29-17-19-38(2,3)20-18-29)30(22-35(33)46-37(43)44)27-15-16-32(39)31(21-27)36(41)42/h4,6,9-10,13-16,21-23,25-26,29H,1,5,7-8,11-12,17-20,24H2,2-3H3,(H,41,42)(H,43,44)/t25-/m0/s1. The lowest BCUT2D eigenvalue weighted by Crippen LogP contribution is -2.30. The normalized spacial score (nSPS) is 17.6. The Kier molecular flexibility index (Phi) is 10.8. The van der Waals surface area contributed by atoms with Crippen LogP contribution in [0.3, 0.4) is 0 Å². The Bertz CT molecular complexity index is 1540. The molecule has 0 unspecified atom stereocenters. The van der Waals surface area contributed by atoms with Crippen LogP contribution in [0.5, 0.6) is 5.75 Å². The fraction of sp³-hybridized carbons (Fsp3) is 0.421. The molecule has 2 aliphatic rings. The number of carboxylic acids is 1. The Morgan fingerprint density at radius 2 is 1.72 bits per heavy atom. The number of rotatable bonds is 11. The molecular formula is C38H44FNO5S. The fourth-order valence-corrected chi connectivity index (χ4v) is 7.56. The number of anilines is 2. The molecule has 0 saturated heterocycles. The van der Waals surface area contributed by atoms with Gasteiger partial charge in [0.2, 0.25) is 0 Å². The molecule has 2 saturated carbocycles. The van der Waals surface area contributed by atoms with E-state index >= 15 is 0 Å². The average molecular weight is 646 g/mol. The summed E-state index contributed by atoms with van der Waals surface area (Å²) in [6, 6.07) is 17.6. The molecule has 244 valence electrons. The van der Waals surface area contributed by atoms with Gasteiger partial charge in [-0.25, -0.2) is 14.0 Å². The Balaban J connectivity index is 1.67. The van der Waals surface area contributed by atoms with Gasteiger partial charge in [-0.2, -0.15) is 0 Å². The molecule has 2 N–H and O–H groups in total. The number of aromatic carboxylic acids is 1. The first-order valence-corrected chi connectivity index (χ1v) is 17.1. The van der Waals surface area contributed by atoms with Crippen LogP contribution in [0.15, 0.2) is 78.2 Å². The van der Waals surface area contributed by atoms with E-state index in [1.165, 1.54) is 31.4 Å². The largest absolute Gasteiger partial charge is 0.490 e. The first-order chi connectivity index (χ1) is 22.0. The highest BCUT2D eigenvalue weighted by Crippen LogP contribution is 2.46. The highest BCUT2D eigenvalue weighted by Gasteiger charge is 2.31. The van der Waals surface area contributed by atoms with E-state index in [-0.39, 0.29) is 17.4 Å². The molecular weight excluding hydrogens is 601 g/mol. The first-order valence-electron chi connectivity index (χ1n) is 16.3. The number of hydrogen-bond acceptors (Lipinski definition) is 5. The Morgan fingerprint density at radius 3 is 2.35 bits per heavy atom. The lowest BCUT2D eigenvalue weighted by Gasteiger charge is -2.36. The second kappa shape index (κ2) is 14.8. The predicted molar refractivity (Wildman–Crippen MR) is 183 cm³/mol. The maximum absolute atomic E-state index is 14.5. The summed E-state index contributed by atoms with van der Waals surface area (Å²) in [5, 5.41) is 18.7. The fourth-order valence-electron chi connectivity index (χ4n) is 6.93. The molecule has 0 radical (unpaired) electrons. The molecule has 8 heteroatoms. The molecule has 2 fully saturated rings. The Labute approximate surface area is 275 Å². The molecule has 5 rings (SSSR count). The second-order valence-corrected chi connectivity index (χ2v) is 14.4. The summed E-state index contributed by atoms with van der Waals surface area (Å²) in [4.78, 5) is 26.8. The van der Waals surface area contributed by atoms with Crippen LogP contribution in [0.2, 0.25) is 0 Å². The van der Waals surface area contributed by atoms with Crippen molar-refractivity contribution in [1.29, 1.82) is 0 Å². The van der Waals surface area contributed by atoms with Crippen LogP contribution in [0.4, 0.5) is 20.6 Å². The number of para-hydroxylation sites is 1. The predicted octanol–water partition coefficient (Wildman–Crippen LogP) is 10.8. The van der Waals surface area contributed by atoms with E-state index in [2.05, 4.69) is 25.3 Å². The minimum atomic E-state index is -1.37. The lowest BCUT2D eigenvalue weighted by molar-refractivity contribution is 0.0692. The highest BCUT2D eigenvalue weighted by molar-refractivity contribution is 8.13. The van der Waals surface area contributed by atoms with Crippen LogP contribution >= 0.6 is 11.8 Å². The van der Waals surface area contributed by atoms with E-state index in [4.69, 9.17) is 4.74 Å². The van der Waals surface area contributed by atoms with Crippen molar-refractivity contribution in [2.75, 3.05) is 11.4 Å². The second-order valence-electron chi connectivity index (χ2n) is 13.4. The van der Waals surface area contributed by atoms with Gasteiger partial charge in [0.1, 0.15) is 11.6 Å². The summed E-state index contributed by atoms with van der Waals surface area (Å²) in [7, 11) is 0. The smallest absolute Gasteiger partial charge is 0.369 e. The van der Waals surface area contributed by atoms with E-state index in [0.717, 1.165) is 50.3 Å². The third kappa shape index (κ3) is 8.13. The zero-order valence-electron chi connectivity index (χ0n) is 26.7. The van der Waals surface area contributed by atoms with Gasteiger partial charge in [-0.1, -0.05) is 63.5 Å². The van der Waals surface area contributed by atoms with Crippen molar-refractivity contribution in [3.8, 4) is 16.9 Å². The van der Waals surface area contributed by atoms with Crippen molar-refractivity contribution in [3.63, 3.8) is 0 Å². The van der Waals surface area contributed by atoms with Crippen LogP contribution in [0, 0.1) is 23.1 Å². The number of carboxylic acid groups (broad SMARTS) is 2. The SMILES string of the molecule is C=C[C@@H](CN(c1ccccc1)c1cc(OC2CCC(C)(C)CC2)c(-c2ccc(F)c(C(=O)O)c2)cc1SC(=O)O)C1CCCCC1. The minimum absolute atomic E-state index is 0.0645. The Hall–Kier alpha value is -3.78. The number of halogens is 1. The first kappa shape index (κ1) is 33.6. The van der Waals surface area contributed by atoms with Gasteiger partial charge < -0.3 is 19.8 Å². The lowest BCUT2D eigenvalue weighted by atomic mass is 9.76. The highest BCUT2D eigenvalue weighted by atomic mass is 32.2. The topological polar surface area (TPSA) is 87.1 Å².